The Morgan fingerprint density at radius 3 is 3.06 bits per heavy atom. The van der Waals surface area contributed by atoms with E-state index in [-0.39, 0.29) is 5.91 Å². The van der Waals surface area contributed by atoms with Crippen LogP contribution in [0.5, 0.6) is 0 Å². The van der Waals surface area contributed by atoms with Crippen LogP contribution >= 0.6 is 0 Å². The Kier molecular flexibility index (Phi) is 6.46. The Morgan fingerprint density at radius 1 is 1.61 bits per heavy atom. The number of aliphatic hydroxyl groups is 1. The Morgan fingerprint density at radius 2 is 2.39 bits per heavy atom. The molecule has 0 aliphatic heterocycles. The lowest BCUT2D eigenvalue weighted by atomic mass is 10.2. The van der Waals surface area contributed by atoms with Crippen molar-refractivity contribution in [3.05, 3.63) is 24.0 Å². The minimum atomic E-state index is -0.471. The van der Waals surface area contributed by atoms with E-state index in [2.05, 4.69) is 5.32 Å². The molecule has 0 aromatic carbocycles. The number of nitrogens with one attached hydrogen (secondary N) is 1. The first-order valence-corrected chi connectivity index (χ1v) is 6.29. The van der Waals surface area contributed by atoms with E-state index in [4.69, 9.17) is 4.74 Å². The average Bonchev–Trinajstić information content (AvgIpc) is 2.82. The summed E-state index contributed by atoms with van der Waals surface area (Å²) in [5.41, 5.74) is 0.593. The van der Waals surface area contributed by atoms with Crippen molar-refractivity contribution in [2.45, 2.75) is 32.4 Å². The zero-order valence-electron chi connectivity index (χ0n) is 11.1. The van der Waals surface area contributed by atoms with Gasteiger partial charge in [0.2, 0.25) is 0 Å². The standard InChI is InChI=1S/C13H22N2O3/c1-3-5-11(16)10-14-13(17)12-6-4-7-15(12)8-9-18-2/h4,6-7,11,16H,3,5,8-10H2,1-2H3,(H,14,17). The molecule has 5 nitrogen and oxygen atoms in total. The maximum absolute atomic E-state index is 11.9. The molecule has 0 fully saturated rings. The minimum absolute atomic E-state index is 0.161. The van der Waals surface area contributed by atoms with Crippen LogP contribution in [0.25, 0.3) is 0 Å². The molecule has 0 saturated carbocycles. The molecule has 0 saturated heterocycles. The zero-order valence-corrected chi connectivity index (χ0v) is 11.1. The second-order valence-corrected chi connectivity index (χ2v) is 4.23. The molecule has 0 radical (unpaired) electrons. The van der Waals surface area contributed by atoms with Crippen LogP contribution in [0.3, 0.4) is 0 Å². The first-order valence-electron chi connectivity index (χ1n) is 6.29. The highest BCUT2D eigenvalue weighted by Gasteiger charge is 2.11. The van der Waals surface area contributed by atoms with E-state index < -0.39 is 6.10 Å². The Bertz CT molecular complexity index is 363. The van der Waals surface area contributed by atoms with Crippen LogP contribution in [-0.4, -0.2) is 41.9 Å². The average molecular weight is 254 g/mol. The fourth-order valence-electron chi connectivity index (χ4n) is 1.74. The second-order valence-electron chi connectivity index (χ2n) is 4.23. The number of methoxy groups -OCH3 is 1. The van der Waals surface area contributed by atoms with Crippen molar-refractivity contribution in [3.63, 3.8) is 0 Å². The number of hydrogen-bond donors (Lipinski definition) is 2. The van der Waals surface area contributed by atoms with Crippen LogP contribution in [0.15, 0.2) is 18.3 Å². The molecule has 1 atom stereocenters. The van der Waals surface area contributed by atoms with Crippen LogP contribution in [0, 0.1) is 0 Å². The zero-order chi connectivity index (χ0) is 13.4. The molecule has 1 amide bonds. The van der Waals surface area contributed by atoms with Gasteiger partial charge in [-0.3, -0.25) is 4.79 Å². The van der Waals surface area contributed by atoms with Gasteiger partial charge in [-0.2, -0.15) is 0 Å². The number of carbonyl (C=O) groups is 1. The number of aliphatic hydroxyl groups excluding tert-OH is 1. The normalized spacial score (nSPS) is 12.4. The summed E-state index contributed by atoms with van der Waals surface area (Å²) in [6, 6.07) is 3.59. The number of carbonyl (C=O) groups excluding carboxylic acids is 1. The lowest BCUT2D eigenvalue weighted by Gasteiger charge is -2.12. The molecule has 1 aromatic heterocycles. The van der Waals surface area contributed by atoms with Gasteiger partial charge in [-0.25, -0.2) is 0 Å². The van der Waals surface area contributed by atoms with E-state index in [1.54, 1.807) is 13.2 Å². The van der Waals surface area contributed by atoms with Crippen molar-refractivity contribution in [3.8, 4) is 0 Å². The lowest BCUT2D eigenvalue weighted by Crippen LogP contribution is -2.33. The Labute approximate surface area is 108 Å². The van der Waals surface area contributed by atoms with E-state index in [0.29, 0.717) is 31.8 Å². The van der Waals surface area contributed by atoms with Crippen LogP contribution in [0.1, 0.15) is 30.3 Å². The topological polar surface area (TPSA) is 63.5 Å². The van der Waals surface area contributed by atoms with Gasteiger partial charge in [0.15, 0.2) is 0 Å². The third kappa shape index (κ3) is 4.50. The number of hydrogen-bond acceptors (Lipinski definition) is 3. The summed E-state index contributed by atoms with van der Waals surface area (Å²) < 4.78 is 6.83. The largest absolute Gasteiger partial charge is 0.391 e. The van der Waals surface area contributed by atoms with Gasteiger partial charge in [0.1, 0.15) is 5.69 Å². The van der Waals surface area contributed by atoms with Gasteiger partial charge in [0.25, 0.3) is 5.91 Å². The van der Waals surface area contributed by atoms with Crippen LogP contribution in [-0.2, 0) is 11.3 Å². The molecule has 1 rings (SSSR count). The molecule has 1 heterocycles. The Balaban J connectivity index is 2.48. The van der Waals surface area contributed by atoms with Gasteiger partial charge in [-0.15, -0.1) is 0 Å². The van der Waals surface area contributed by atoms with Crippen LogP contribution in [0.2, 0.25) is 0 Å². The number of rotatable bonds is 8. The monoisotopic (exact) mass is 254 g/mol. The molecule has 0 aliphatic carbocycles. The summed E-state index contributed by atoms with van der Waals surface area (Å²) in [4.78, 5) is 11.9. The van der Waals surface area contributed by atoms with E-state index in [1.807, 2.05) is 23.8 Å². The van der Waals surface area contributed by atoms with Crippen molar-refractivity contribution in [1.82, 2.24) is 9.88 Å². The first-order chi connectivity index (χ1) is 8.69. The summed E-state index contributed by atoms with van der Waals surface area (Å²) in [5.74, 6) is -0.161. The van der Waals surface area contributed by atoms with Crippen molar-refractivity contribution in [2.75, 3.05) is 20.3 Å². The highest BCUT2D eigenvalue weighted by molar-refractivity contribution is 5.92. The molecule has 102 valence electrons. The van der Waals surface area contributed by atoms with Gasteiger partial charge < -0.3 is 19.7 Å². The predicted molar refractivity (Wildman–Crippen MR) is 69.6 cm³/mol. The van der Waals surface area contributed by atoms with E-state index >= 15 is 0 Å². The molecule has 0 bridgehead atoms. The molecule has 0 aliphatic rings. The molecule has 1 aromatic rings. The predicted octanol–water partition coefficient (Wildman–Crippen LogP) is 1.03. The molecular weight excluding hydrogens is 232 g/mol. The van der Waals surface area contributed by atoms with Crippen molar-refractivity contribution >= 4 is 5.91 Å². The van der Waals surface area contributed by atoms with Gasteiger partial charge >= 0.3 is 0 Å². The summed E-state index contributed by atoms with van der Waals surface area (Å²) in [6.45, 7) is 3.50. The van der Waals surface area contributed by atoms with Gasteiger partial charge in [-0.1, -0.05) is 13.3 Å². The highest BCUT2D eigenvalue weighted by Crippen LogP contribution is 2.03. The molecular formula is C13H22N2O3. The minimum Gasteiger partial charge on any atom is -0.391 e. The van der Waals surface area contributed by atoms with Gasteiger partial charge in [-0.05, 0) is 18.6 Å². The summed E-state index contributed by atoms with van der Waals surface area (Å²) in [5, 5.41) is 12.3. The second kappa shape index (κ2) is 7.89. The third-order valence-electron chi connectivity index (χ3n) is 2.72. The fraction of sp³-hybridized carbons (Fsp3) is 0.615. The van der Waals surface area contributed by atoms with Crippen LogP contribution < -0.4 is 5.32 Å². The van der Waals surface area contributed by atoms with Gasteiger partial charge in [0.05, 0.1) is 12.7 Å². The number of nitrogens with zero attached hydrogens (tertiary/aromatic N) is 1. The molecule has 1 unspecified atom stereocenters. The quantitative estimate of drug-likeness (QED) is 0.728. The number of ether oxygens (including phenoxy) is 1. The van der Waals surface area contributed by atoms with Crippen molar-refractivity contribution in [1.29, 1.82) is 0 Å². The molecule has 2 N–H and O–H groups in total. The van der Waals surface area contributed by atoms with E-state index in [0.717, 1.165) is 6.42 Å². The third-order valence-corrected chi connectivity index (χ3v) is 2.72. The summed E-state index contributed by atoms with van der Waals surface area (Å²) in [7, 11) is 1.63. The first kappa shape index (κ1) is 14.7. The molecule has 18 heavy (non-hydrogen) atoms. The highest BCUT2D eigenvalue weighted by atomic mass is 16.5. The van der Waals surface area contributed by atoms with Gasteiger partial charge in [0, 0.05) is 26.4 Å². The van der Waals surface area contributed by atoms with Crippen molar-refractivity contribution < 1.29 is 14.6 Å². The molecule has 5 heteroatoms. The van der Waals surface area contributed by atoms with Crippen molar-refractivity contribution in [2.24, 2.45) is 0 Å². The number of aromatic nitrogens is 1. The maximum atomic E-state index is 11.9. The summed E-state index contributed by atoms with van der Waals surface area (Å²) in [6.07, 6.45) is 2.98. The maximum Gasteiger partial charge on any atom is 0.267 e. The lowest BCUT2D eigenvalue weighted by molar-refractivity contribution is 0.0898. The molecule has 0 spiro atoms. The SMILES string of the molecule is CCCC(O)CNC(=O)c1cccn1CCOC. The summed E-state index contributed by atoms with van der Waals surface area (Å²) >= 11 is 0. The smallest absolute Gasteiger partial charge is 0.267 e. The Hall–Kier alpha value is -1.33. The van der Waals surface area contributed by atoms with Crippen LogP contribution in [0.4, 0.5) is 0 Å². The van der Waals surface area contributed by atoms with E-state index in [1.165, 1.54) is 0 Å². The van der Waals surface area contributed by atoms with E-state index in [9.17, 15) is 9.90 Å². The number of amides is 1. The fourth-order valence-corrected chi connectivity index (χ4v) is 1.74.